The van der Waals surface area contributed by atoms with Crippen molar-refractivity contribution in [3.8, 4) is 0 Å². The first-order chi connectivity index (χ1) is 14.8. The first-order valence-corrected chi connectivity index (χ1v) is 11.1. The topological polar surface area (TPSA) is 127 Å². The molecule has 2 rings (SSSR count). The van der Waals surface area contributed by atoms with Gasteiger partial charge in [-0.1, -0.05) is 53.7 Å². The zero-order chi connectivity index (χ0) is 24.4. The second kappa shape index (κ2) is 9.23. The molecule has 0 heterocycles. The van der Waals surface area contributed by atoms with Crippen molar-refractivity contribution in [1.29, 1.82) is 0 Å². The third-order valence-electron chi connectivity index (χ3n) is 7.03. The maximum atomic E-state index is 11.9. The Bertz CT molecular complexity index is 955. The standard InChI is InChI=1S/C26H36N2O4/c1-7-25(3,4)19-13-11-17(23(29)30)15(21(19)27)9-10-16-18(24(31)32)12-14-20(22(16)28)26(5,6)8-2/h11-14H,7-10,27-28H2,1-6H3,(H,29,30)(H,31,32). The van der Waals surface area contributed by atoms with Crippen molar-refractivity contribution in [2.24, 2.45) is 0 Å². The normalized spacial score (nSPS) is 12.1. The van der Waals surface area contributed by atoms with E-state index in [1.807, 2.05) is 0 Å². The van der Waals surface area contributed by atoms with Gasteiger partial charge in [0.05, 0.1) is 11.1 Å². The maximum absolute atomic E-state index is 11.9. The zero-order valence-corrected chi connectivity index (χ0v) is 20.0. The van der Waals surface area contributed by atoms with Crippen LogP contribution in [0.4, 0.5) is 11.4 Å². The van der Waals surface area contributed by atoms with Crippen molar-refractivity contribution in [2.75, 3.05) is 11.5 Å². The third kappa shape index (κ3) is 4.74. The minimum Gasteiger partial charge on any atom is -0.478 e. The Balaban J connectivity index is 2.63. The minimum absolute atomic E-state index is 0.138. The van der Waals surface area contributed by atoms with E-state index in [9.17, 15) is 19.8 Å². The van der Waals surface area contributed by atoms with E-state index in [0.29, 0.717) is 22.5 Å². The number of benzene rings is 2. The van der Waals surface area contributed by atoms with E-state index in [0.717, 1.165) is 24.0 Å². The van der Waals surface area contributed by atoms with Gasteiger partial charge >= 0.3 is 11.9 Å². The number of anilines is 2. The second-order valence-electron chi connectivity index (χ2n) is 9.69. The molecular formula is C26H36N2O4. The lowest BCUT2D eigenvalue weighted by Crippen LogP contribution is -2.21. The first-order valence-electron chi connectivity index (χ1n) is 11.1. The Labute approximate surface area is 190 Å². The number of hydrogen-bond donors (Lipinski definition) is 4. The van der Waals surface area contributed by atoms with Gasteiger partial charge in [-0.3, -0.25) is 0 Å². The van der Waals surface area contributed by atoms with Crippen LogP contribution >= 0.6 is 0 Å². The number of carbonyl (C=O) groups is 2. The predicted molar refractivity (Wildman–Crippen MR) is 130 cm³/mol. The summed E-state index contributed by atoms with van der Waals surface area (Å²) in [5.41, 5.74) is 16.6. The fraction of sp³-hybridized carbons (Fsp3) is 0.462. The van der Waals surface area contributed by atoms with E-state index in [1.54, 1.807) is 24.3 Å². The molecule has 0 amide bonds. The van der Waals surface area contributed by atoms with Gasteiger partial charge in [0.15, 0.2) is 0 Å². The fourth-order valence-electron chi connectivity index (χ4n) is 4.08. The number of carboxylic acids is 2. The van der Waals surface area contributed by atoms with Gasteiger partial charge in [-0.15, -0.1) is 0 Å². The highest BCUT2D eigenvalue weighted by Crippen LogP contribution is 2.37. The fourth-order valence-corrected chi connectivity index (χ4v) is 4.08. The highest BCUT2D eigenvalue weighted by molar-refractivity contribution is 5.93. The first kappa shape index (κ1) is 25.2. The number of aromatic carboxylic acids is 2. The highest BCUT2D eigenvalue weighted by Gasteiger charge is 2.27. The van der Waals surface area contributed by atoms with Crippen LogP contribution in [0.1, 0.15) is 97.4 Å². The minimum atomic E-state index is -1.06. The monoisotopic (exact) mass is 440 g/mol. The van der Waals surface area contributed by atoms with Gasteiger partial charge in [0.25, 0.3) is 0 Å². The van der Waals surface area contributed by atoms with Gasteiger partial charge in [0, 0.05) is 11.4 Å². The molecular weight excluding hydrogens is 404 g/mol. The SMILES string of the molecule is CCC(C)(C)c1ccc(C(=O)O)c(CCc2c(C(=O)O)ccc(C(C)(C)CC)c2N)c1N. The Kier molecular flexibility index (Phi) is 7.28. The van der Waals surface area contributed by atoms with Crippen LogP contribution in [0.3, 0.4) is 0 Å². The average molecular weight is 441 g/mol. The Morgan fingerprint density at radius 1 is 0.719 bits per heavy atom. The lowest BCUT2D eigenvalue weighted by Gasteiger charge is -2.28. The maximum Gasteiger partial charge on any atom is 0.336 e. The molecule has 0 aliphatic carbocycles. The van der Waals surface area contributed by atoms with E-state index in [1.165, 1.54) is 0 Å². The van der Waals surface area contributed by atoms with Crippen molar-refractivity contribution >= 4 is 23.3 Å². The molecule has 6 heteroatoms. The number of nitrogens with two attached hydrogens (primary N) is 2. The molecule has 0 fully saturated rings. The third-order valence-corrected chi connectivity index (χ3v) is 7.03. The second-order valence-corrected chi connectivity index (χ2v) is 9.69. The lowest BCUT2D eigenvalue weighted by molar-refractivity contribution is 0.0684. The van der Waals surface area contributed by atoms with Crippen molar-refractivity contribution < 1.29 is 19.8 Å². The van der Waals surface area contributed by atoms with Gasteiger partial charge in [0.2, 0.25) is 0 Å². The van der Waals surface area contributed by atoms with Gasteiger partial charge in [-0.05, 0) is 70.9 Å². The summed E-state index contributed by atoms with van der Waals surface area (Å²) in [5.74, 6) is -2.11. The molecule has 2 aromatic rings. The van der Waals surface area contributed by atoms with Crippen LogP contribution in [-0.2, 0) is 23.7 Å². The van der Waals surface area contributed by atoms with Crippen molar-refractivity contribution in [3.05, 3.63) is 57.6 Å². The quantitative estimate of drug-likeness (QED) is 0.386. The van der Waals surface area contributed by atoms with E-state index in [4.69, 9.17) is 11.5 Å². The molecule has 0 spiro atoms. The summed E-state index contributed by atoms with van der Waals surface area (Å²) in [4.78, 5) is 23.8. The molecule has 0 saturated heterocycles. The van der Waals surface area contributed by atoms with E-state index in [-0.39, 0.29) is 34.8 Å². The van der Waals surface area contributed by atoms with E-state index in [2.05, 4.69) is 41.5 Å². The molecule has 6 N–H and O–H groups in total. The summed E-state index contributed by atoms with van der Waals surface area (Å²) < 4.78 is 0. The van der Waals surface area contributed by atoms with E-state index >= 15 is 0 Å². The summed E-state index contributed by atoms with van der Waals surface area (Å²) in [5, 5.41) is 19.5. The smallest absolute Gasteiger partial charge is 0.336 e. The Hall–Kier alpha value is -3.02. The molecule has 0 aliphatic heterocycles. The summed E-state index contributed by atoms with van der Waals surface area (Å²) in [7, 11) is 0. The molecule has 174 valence electrons. The molecule has 0 unspecified atom stereocenters. The summed E-state index contributed by atoms with van der Waals surface area (Å²) in [6.07, 6.45) is 2.24. The molecule has 0 radical (unpaired) electrons. The van der Waals surface area contributed by atoms with Crippen LogP contribution in [0.2, 0.25) is 0 Å². The van der Waals surface area contributed by atoms with Crippen molar-refractivity contribution in [2.45, 2.75) is 78.1 Å². The Morgan fingerprint density at radius 3 is 1.28 bits per heavy atom. The molecule has 0 aromatic heterocycles. The number of nitrogen functional groups attached to an aromatic ring is 2. The van der Waals surface area contributed by atoms with Gasteiger partial charge < -0.3 is 21.7 Å². The van der Waals surface area contributed by atoms with Crippen LogP contribution < -0.4 is 11.5 Å². The lowest BCUT2D eigenvalue weighted by atomic mass is 9.78. The largest absolute Gasteiger partial charge is 0.478 e. The predicted octanol–water partition coefficient (Wildman–Crippen LogP) is 5.41. The number of rotatable bonds is 9. The van der Waals surface area contributed by atoms with Crippen molar-refractivity contribution in [3.63, 3.8) is 0 Å². The summed E-state index contributed by atoms with van der Waals surface area (Å²) >= 11 is 0. The summed E-state index contributed by atoms with van der Waals surface area (Å²) in [6, 6.07) is 6.76. The molecule has 0 aliphatic rings. The zero-order valence-electron chi connectivity index (χ0n) is 20.0. The molecule has 0 atom stereocenters. The molecule has 6 nitrogen and oxygen atoms in total. The number of hydrogen-bond acceptors (Lipinski definition) is 4. The van der Waals surface area contributed by atoms with Crippen LogP contribution in [-0.4, -0.2) is 22.2 Å². The molecule has 32 heavy (non-hydrogen) atoms. The van der Waals surface area contributed by atoms with Gasteiger partial charge in [0.1, 0.15) is 0 Å². The Morgan fingerprint density at radius 2 is 1.03 bits per heavy atom. The van der Waals surface area contributed by atoms with Gasteiger partial charge in [-0.2, -0.15) is 0 Å². The molecule has 0 saturated carbocycles. The highest BCUT2D eigenvalue weighted by atomic mass is 16.4. The van der Waals surface area contributed by atoms with Crippen molar-refractivity contribution in [1.82, 2.24) is 0 Å². The van der Waals surface area contributed by atoms with Crippen LogP contribution in [0.25, 0.3) is 0 Å². The van der Waals surface area contributed by atoms with Crippen LogP contribution in [0, 0.1) is 0 Å². The molecule has 2 aromatic carbocycles. The molecule has 0 bridgehead atoms. The summed E-state index contributed by atoms with van der Waals surface area (Å²) in [6.45, 7) is 12.4. The van der Waals surface area contributed by atoms with Gasteiger partial charge in [-0.25, -0.2) is 9.59 Å². The van der Waals surface area contributed by atoms with E-state index < -0.39 is 11.9 Å². The van der Waals surface area contributed by atoms with Crippen LogP contribution in [0.5, 0.6) is 0 Å². The van der Waals surface area contributed by atoms with Crippen LogP contribution in [0.15, 0.2) is 24.3 Å². The number of carboxylic acid groups (broad SMARTS) is 2. The average Bonchev–Trinajstić information content (AvgIpc) is 2.72.